The Kier molecular flexibility index (Phi) is 5.02. The molecule has 2 nitrogen and oxygen atoms in total. The fraction of sp³-hybridized carbons (Fsp3) is 0.500. The molecular formula is C14H19F3N2S. The zero-order chi connectivity index (χ0) is 15.6. The van der Waals surface area contributed by atoms with Gasteiger partial charge in [-0.15, -0.1) is 0 Å². The third-order valence-corrected chi connectivity index (χ3v) is 3.83. The molecule has 0 radical (unpaired) electrons. The summed E-state index contributed by atoms with van der Waals surface area (Å²) >= 11 is 4.86. The van der Waals surface area contributed by atoms with E-state index in [1.54, 1.807) is 0 Å². The molecule has 0 heterocycles. The summed E-state index contributed by atoms with van der Waals surface area (Å²) in [5, 5.41) is 3.25. The van der Waals surface area contributed by atoms with Crippen LogP contribution < -0.4 is 11.1 Å². The summed E-state index contributed by atoms with van der Waals surface area (Å²) in [5.41, 5.74) is 5.36. The summed E-state index contributed by atoms with van der Waals surface area (Å²) in [7, 11) is 0. The first kappa shape index (κ1) is 16.8. The zero-order valence-corrected chi connectivity index (χ0v) is 12.6. The van der Waals surface area contributed by atoms with Crippen molar-refractivity contribution in [2.24, 2.45) is 5.73 Å². The lowest BCUT2D eigenvalue weighted by Crippen LogP contribution is -2.34. The number of nitrogens with two attached hydrogens (primary N) is 1. The Morgan fingerprint density at radius 2 is 1.80 bits per heavy atom. The van der Waals surface area contributed by atoms with Gasteiger partial charge < -0.3 is 11.1 Å². The van der Waals surface area contributed by atoms with Crippen LogP contribution in [0, 0.1) is 0 Å². The Morgan fingerprint density at radius 1 is 1.25 bits per heavy atom. The molecule has 0 amide bonds. The third kappa shape index (κ3) is 3.85. The quantitative estimate of drug-likeness (QED) is 0.795. The molecule has 20 heavy (non-hydrogen) atoms. The molecule has 6 heteroatoms. The van der Waals surface area contributed by atoms with Crippen LogP contribution in [0.2, 0.25) is 0 Å². The second kappa shape index (κ2) is 5.99. The first-order valence-corrected chi connectivity index (χ1v) is 6.83. The van der Waals surface area contributed by atoms with Gasteiger partial charge in [0.25, 0.3) is 0 Å². The van der Waals surface area contributed by atoms with Crippen molar-refractivity contribution < 1.29 is 13.2 Å². The van der Waals surface area contributed by atoms with Crippen LogP contribution in [0.4, 0.5) is 18.9 Å². The first-order chi connectivity index (χ1) is 9.13. The van der Waals surface area contributed by atoms with E-state index in [0.717, 1.165) is 25.0 Å². The Hall–Kier alpha value is -1.30. The molecule has 0 spiro atoms. The number of anilines is 1. The number of rotatable bonds is 5. The monoisotopic (exact) mass is 304 g/mol. The summed E-state index contributed by atoms with van der Waals surface area (Å²) < 4.78 is 38.2. The molecule has 3 N–H and O–H groups in total. The van der Waals surface area contributed by atoms with E-state index in [1.807, 2.05) is 20.8 Å². The molecule has 0 bridgehead atoms. The molecule has 0 unspecified atom stereocenters. The molecule has 112 valence electrons. The highest BCUT2D eigenvalue weighted by atomic mass is 32.1. The van der Waals surface area contributed by atoms with Crippen LogP contribution in [0.5, 0.6) is 0 Å². The zero-order valence-electron chi connectivity index (χ0n) is 11.8. The van der Waals surface area contributed by atoms with Gasteiger partial charge in [0, 0.05) is 16.8 Å². The van der Waals surface area contributed by atoms with Crippen molar-refractivity contribution in [1.82, 2.24) is 0 Å². The number of hydrogen-bond acceptors (Lipinski definition) is 2. The Balaban J connectivity index is 3.25. The van der Waals surface area contributed by atoms with E-state index in [2.05, 4.69) is 5.32 Å². The van der Waals surface area contributed by atoms with Crippen molar-refractivity contribution in [3.63, 3.8) is 0 Å². The molecule has 1 aromatic rings. The standard InChI is InChI=1S/C14H19F3N2S/c1-4-13(3,5-2)19-11-7-6-9(14(15,16)17)8-10(11)12(18)20/h6-8,19H,4-5H2,1-3H3,(H2,18,20). The molecule has 0 atom stereocenters. The van der Waals surface area contributed by atoms with Gasteiger partial charge in [0.2, 0.25) is 0 Å². The predicted molar refractivity (Wildman–Crippen MR) is 79.9 cm³/mol. The Bertz CT molecular complexity index is 494. The summed E-state index contributed by atoms with van der Waals surface area (Å²) in [6.45, 7) is 6.04. The average molecular weight is 304 g/mol. The second-order valence-electron chi connectivity index (χ2n) is 5.02. The number of halogens is 3. The van der Waals surface area contributed by atoms with Gasteiger partial charge in [-0.3, -0.25) is 0 Å². The van der Waals surface area contributed by atoms with Crippen LogP contribution in [0.3, 0.4) is 0 Å². The van der Waals surface area contributed by atoms with Gasteiger partial charge in [-0.25, -0.2) is 0 Å². The highest BCUT2D eigenvalue weighted by molar-refractivity contribution is 7.80. The maximum atomic E-state index is 12.7. The summed E-state index contributed by atoms with van der Waals surface area (Å²) in [5.74, 6) is 0. The van der Waals surface area contributed by atoms with Crippen LogP contribution in [-0.4, -0.2) is 10.5 Å². The molecule has 0 aromatic heterocycles. The highest BCUT2D eigenvalue weighted by Crippen LogP contribution is 2.33. The fourth-order valence-electron chi connectivity index (χ4n) is 1.79. The number of benzene rings is 1. The van der Waals surface area contributed by atoms with E-state index in [1.165, 1.54) is 6.07 Å². The summed E-state index contributed by atoms with van der Waals surface area (Å²) in [6.07, 6.45) is -2.74. The second-order valence-corrected chi connectivity index (χ2v) is 5.45. The normalized spacial score (nSPS) is 12.3. The molecule has 1 rings (SSSR count). The van der Waals surface area contributed by atoms with Gasteiger partial charge in [-0.1, -0.05) is 26.1 Å². The van der Waals surface area contributed by atoms with Gasteiger partial charge in [-0.2, -0.15) is 13.2 Å². The first-order valence-electron chi connectivity index (χ1n) is 6.42. The SMILES string of the molecule is CCC(C)(CC)Nc1ccc(C(F)(F)F)cc1C(N)=S. The summed E-state index contributed by atoms with van der Waals surface area (Å²) in [6, 6.07) is 3.42. The van der Waals surface area contributed by atoms with E-state index in [4.69, 9.17) is 18.0 Å². The molecule has 0 saturated heterocycles. The molecular weight excluding hydrogens is 285 g/mol. The molecule has 0 fully saturated rings. The van der Waals surface area contributed by atoms with Crippen LogP contribution >= 0.6 is 12.2 Å². The van der Waals surface area contributed by atoms with Gasteiger partial charge in [-0.05, 0) is 38.0 Å². The molecule has 0 saturated carbocycles. The van der Waals surface area contributed by atoms with Gasteiger partial charge in [0.15, 0.2) is 0 Å². The van der Waals surface area contributed by atoms with E-state index >= 15 is 0 Å². The van der Waals surface area contributed by atoms with Gasteiger partial charge >= 0.3 is 6.18 Å². The van der Waals surface area contributed by atoms with E-state index in [-0.39, 0.29) is 16.1 Å². The molecule has 0 aliphatic carbocycles. The number of nitrogens with one attached hydrogen (secondary N) is 1. The third-order valence-electron chi connectivity index (χ3n) is 3.61. The van der Waals surface area contributed by atoms with Crippen LogP contribution in [0.15, 0.2) is 18.2 Å². The van der Waals surface area contributed by atoms with Crippen LogP contribution in [0.1, 0.15) is 44.7 Å². The van der Waals surface area contributed by atoms with Crippen LogP contribution in [0.25, 0.3) is 0 Å². The maximum Gasteiger partial charge on any atom is 0.416 e. The number of alkyl halides is 3. The maximum absolute atomic E-state index is 12.7. The van der Waals surface area contributed by atoms with Crippen molar-refractivity contribution in [3.8, 4) is 0 Å². The average Bonchev–Trinajstić information content (AvgIpc) is 2.37. The van der Waals surface area contributed by atoms with Crippen molar-refractivity contribution in [1.29, 1.82) is 0 Å². The van der Waals surface area contributed by atoms with Gasteiger partial charge in [0.05, 0.1) is 5.56 Å². The molecule has 1 aromatic carbocycles. The Morgan fingerprint density at radius 3 is 2.20 bits per heavy atom. The van der Waals surface area contributed by atoms with Crippen molar-refractivity contribution >= 4 is 22.9 Å². The minimum absolute atomic E-state index is 0.0480. The highest BCUT2D eigenvalue weighted by Gasteiger charge is 2.31. The largest absolute Gasteiger partial charge is 0.416 e. The van der Waals surface area contributed by atoms with Crippen molar-refractivity contribution in [2.75, 3.05) is 5.32 Å². The smallest absolute Gasteiger partial charge is 0.389 e. The lowest BCUT2D eigenvalue weighted by molar-refractivity contribution is -0.137. The van der Waals surface area contributed by atoms with Crippen molar-refractivity contribution in [3.05, 3.63) is 29.3 Å². The molecule has 0 aliphatic rings. The van der Waals surface area contributed by atoms with E-state index in [0.29, 0.717) is 5.69 Å². The van der Waals surface area contributed by atoms with E-state index in [9.17, 15) is 13.2 Å². The van der Waals surface area contributed by atoms with Crippen molar-refractivity contribution in [2.45, 2.75) is 45.3 Å². The van der Waals surface area contributed by atoms with Gasteiger partial charge in [0.1, 0.15) is 4.99 Å². The van der Waals surface area contributed by atoms with Crippen LogP contribution in [-0.2, 0) is 6.18 Å². The minimum Gasteiger partial charge on any atom is -0.389 e. The topological polar surface area (TPSA) is 38.0 Å². The summed E-state index contributed by atoms with van der Waals surface area (Å²) in [4.78, 5) is -0.0480. The number of thiocarbonyl (C=S) groups is 1. The minimum atomic E-state index is -4.41. The fourth-order valence-corrected chi connectivity index (χ4v) is 1.95. The Labute approximate surface area is 122 Å². The number of hydrogen-bond donors (Lipinski definition) is 2. The lowest BCUT2D eigenvalue weighted by Gasteiger charge is -2.31. The van der Waals surface area contributed by atoms with E-state index < -0.39 is 11.7 Å². The lowest BCUT2D eigenvalue weighted by atomic mass is 9.94. The predicted octanol–water partition coefficient (Wildman–Crippen LogP) is 4.33. The molecule has 0 aliphatic heterocycles.